The molecule has 0 saturated heterocycles. The number of anilines is 1. The molecule has 0 saturated carbocycles. The minimum absolute atomic E-state index is 0.0130. The van der Waals surface area contributed by atoms with Crippen molar-refractivity contribution in [3.8, 4) is 5.75 Å². The van der Waals surface area contributed by atoms with Crippen molar-refractivity contribution in [3.63, 3.8) is 0 Å². The first-order valence-electron chi connectivity index (χ1n) is 9.70. The molecular formula is C23H26N2O3. The normalized spacial score (nSPS) is 22.9. The number of nitro benzene ring substituents is 1. The standard InChI is InChI=1S/C23H26N2O3/c1-23(2,3)15-10-8-14(9-11-15)21-17-7-5-6-16(17)20-18(25(26)27)12-13-19(28-4)22(20)24-21/h5-6,8-13,16-17,21,24H,7H2,1-4H3/t16-,17+,21+/m0/s1. The van der Waals surface area contributed by atoms with E-state index in [9.17, 15) is 10.1 Å². The molecule has 0 aromatic heterocycles. The van der Waals surface area contributed by atoms with Crippen molar-refractivity contribution >= 4 is 11.4 Å². The molecule has 5 heteroatoms. The zero-order chi connectivity index (χ0) is 20.1. The average molecular weight is 378 g/mol. The highest BCUT2D eigenvalue weighted by Gasteiger charge is 2.42. The summed E-state index contributed by atoms with van der Waals surface area (Å²) in [7, 11) is 1.60. The molecule has 0 spiro atoms. The molecule has 0 unspecified atom stereocenters. The summed E-state index contributed by atoms with van der Waals surface area (Å²) >= 11 is 0. The van der Waals surface area contributed by atoms with E-state index in [1.54, 1.807) is 19.2 Å². The number of rotatable bonds is 3. The summed E-state index contributed by atoms with van der Waals surface area (Å²) in [4.78, 5) is 11.4. The highest BCUT2D eigenvalue weighted by Crippen LogP contribution is 2.54. The molecule has 146 valence electrons. The third-order valence-electron chi connectivity index (χ3n) is 6.01. The van der Waals surface area contributed by atoms with Crippen molar-refractivity contribution in [2.45, 2.75) is 44.6 Å². The maximum atomic E-state index is 11.7. The predicted molar refractivity (Wildman–Crippen MR) is 111 cm³/mol. The van der Waals surface area contributed by atoms with Crippen molar-refractivity contribution in [1.29, 1.82) is 0 Å². The predicted octanol–water partition coefficient (Wildman–Crippen LogP) is 5.73. The minimum atomic E-state index is -0.290. The van der Waals surface area contributed by atoms with Gasteiger partial charge in [-0.3, -0.25) is 10.1 Å². The number of methoxy groups -OCH3 is 1. The molecule has 0 bridgehead atoms. The van der Waals surface area contributed by atoms with Crippen LogP contribution in [0.3, 0.4) is 0 Å². The van der Waals surface area contributed by atoms with Gasteiger partial charge < -0.3 is 10.1 Å². The first kappa shape index (κ1) is 18.5. The summed E-state index contributed by atoms with van der Waals surface area (Å²) in [6.45, 7) is 6.62. The Balaban J connectivity index is 1.80. The Kier molecular flexibility index (Phi) is 4.41. The second-order valence-electron chi connectivity index (χ2n) is 8.68. The molecule has 0 radical (unpaired) electrons. The van der Waals surface area contributed by atoms with Gasteiger partial charge in [0.2, 0.25) is 0 Å². The second-order valence-corrected chi connectivity index (χ2v) is 8.68. The third-order valence-corrected chi connectivity index (χ3v) is 6.01. The van der Waals surface area contributed by atoms with Gasteiger partial charge in [0.15, 0.2) is 0 Å². The lowest BCUT2D eigenvalue weighted by atomic mass is 9.75. The van der Waals surface area contributed by atoms with Crippen LogP contribution in [-0.2, 0) is 5.41 Å². The Morgan fingerprint density at radius 3 is 2.46 bits per heavy atom. The Morgan fingerprint density at radius 2 is 1.86 bits per heavy atom. The fourth-order valence-corrected chi connectivity index (χ4v) is 4.51. The van der Waals surface area contributed by atoms with Crippen molar-refractivity contribution < 1.29 is 9.66 Å². The molecule has 5 nitrogen and oxygen atoms in total. The molecule has 1 aliphatic carbocycles. The first-order chi connectivity index (χ1) is 13.3. The maximum Gasteiger partial charge on any atom is 0.275 e. The first-order valence-corrected chi connectivity index (χ1v) is 9.70. The quantitative estimate of drug-likeness (QED) is 0.421. The van der Waals surface area contributed by atoms with E-state index in [1.807, 2.05) is 0 Å². The number of fused-ring (bicyclic) bond motifs is 3. The van der Waals surface area contributed by atoms with E-state index in [0.29, 0.717) is 5.75 Å². The zero-order valence-corrected chi connectivity index (χ0v) is 16.7. The van der Waals surface area contributed by atoms with Crippen LogP contribution in [0.1, 0.15) is 55.8 Å². The number of hydrogen-bond donors (Lipinski definition) is 1. The van der Waals surface area contributed by atoms with Gasteiger partial charge in [-0.25, -0.2) is 0 Å². The topological polar surface area (TPSA) is 64.4 Å². The van der Waals surface area contributed by atoms with Crippen LogP contribution in [0.2, 0.25) is 0 Å². The van der Waals surface area contributed by atoms with Gasteiger partial charge in [0.25, 0.3) is 5.69 Å². The van der Waals surface area contributed by atoms with Crippen LogP contribution in [0.4, 0.5) is 11.4 Å². The van der Waals surface area contributed by atoms with Gasteiger partial charge in [0.1, 0.15) is 5.75 Å². The average Bonchev–Trinajstić information content (AvgIpc) is 3.15. The van der Waals surface area contributed by atoms with Gasteiger partial charge in [0, 0.05) is 12.0 Å². The number of nitrogens with one attached hydrogen (secondary N) is 1. The number of ether oxygens (including phenoxy) is 1. The number of allylic oxidation sites excluding steroid dienone is 2. The largest absolute Gasteiger partial charge is 0.495 e. The van der Waals surface area contributed by atoms with Crippen LogP contribution >= 0.6 is 0 Å². The highest BCUT2D eigenvalue weighted by atomic mass is 16.6. The molecule has 1 N–H and O–H groups in total. The lowest BCUT2D eigenvalue weighted by molar-refractivity contribution is -0.385. The second kappa shape index (κ2) is 6.66. The van der Waals surface area contributed by atoms with Crippen molar-refractivity contribution in [2.75, 3.05) is 12.4 Å². The van der Waals surface area contributed by atoms with Crippen molar-refractivity contribution in [1.82, 2.24) is 0 Å². The van der Waals surface area contributed by atoms with Crippen molar-refractivity contribution in [2.24, 2.45) is 5.92 Å². The van der Waals surface area contributed by atoms with Gasteiger partial charge in [-0.15, -0.1) is 0 Å². The van der Waals surface area contributed by atoms with Crippen molar-refractivity contribution in [3.05, 3.63) is 75.4 Å². The smallest absolute Gasteiger partial charge is 0.275 e. The van der Waals surface area contributed by atoms with E-state index < -0.39 is 0 Å². The summed E-state index contributed by atoms with van der Waals surface area (Å²) in [5.74, 6) is 0.911. The summed E-state index contributed by atoms with van der Waals surface area (Å²) < 4.78 is 5.53. The molecule has 0 amide bonds. The molecule has 4 rings (SSSR count). The number of hydrogen-bond acceptors (Lipinski definition) is 4. The van der Waals surface area contributed by atoms with Crippen LogP contribution in [-0.4, -0.2) is 12.0 Å². The van der Waals surface area contributed by atoms with Crippen LogP contribution in [0.25, 0.3) is 0 Å². The molecule has 28 heavy (non-hydrogen) atoms. The van der Waals surface area contributed by atoms with Gasteiger partial charge in [-0.1, -0.05) is 57.2 Å². The molecule has 3 atom stereocenters. The highest BCUT2D eigenvalue weighted by molar-refractivity contribution is 5.73. The molecule has 2 aromatic rings. The molecular weight excluding hydrogens is 352 g/mol. The third kappa shape index (κ3) is 2.95. The van der Waals surface area contributed by atoms with E-state index in [0.717, 1.165) is 17.7 Å². The van der Waals surface area contributed by atoms with Crippen LogP contribution in [0, 0.1) is 16.0 Å². The fourth-order valence-electron chi connectivity index (χ4n) is 4.51. The number of nitro groups is 1. The summed E-state index contributed by atoms with van der Waals surface area (Å²) in [5.41, 5.74) is 4.24. The Morgan fingerprint density at radius 1 is 1.14 bits per heavy atom. The van der Waals surface area contributed by atoms with Crippen LogP contribution in [0.5, 0.6) is 5.75 Å². The lowest BCUT2D eigenvalue weighted by Crippen LogP contribution is -2.30. The summed E-state index contributed by atoms with van der Waals surface area (Å²) in [5, 5.41) is 15.2. The molecule has 0 fully saturated rings. The van der Waals surface area contributed by atoms with E-state index in [-0.39, 0.29) is 33.9 Å². The van der Waals surface area contributed by atoms with E-state index >= 15 is 0 Å². The van der Waals surface area contributed by atoms with E-state index in [2.05, 4.69) is 62.5 Å². The SMILES string of the molecule is COc1ccc([N+](=O)[O-])c2c1N[C@H](c1ccc(C(C)(C)C)cc1)[C@@H]1CC=C[C@H]21. The summed E-state index contributed by atoms with van der Waals surface area (Å²) in [6.07, 6.45) is 5.16. The monoisotopic (exact) mass is 378 g/mol. The van der Waals surface area contributed by atoms with E-state index in [1.165, 1.54) is 11.1 Å². The molecule has 1 heterocycles. The Hall–Kier alpha value is -2.82. The van der Waals surface area contributed by atoms with Gasteiger partial charge in [-0.05, 0) is 34.9 Å². The van der Waals surface area contributed by atoms with Gasteiger partial charge >= 0.3 is 0 Å². The lowest BCUT2D eigenvalue weighted by Gasteiger charge is -2.38. The fraction of sp³-hybridized carbons (Fsp3) is 0.391. The molecule has 2 aliphatic rings. The Labute approximate surface area is 165 Å². The van der Waals surface area contributed by atoms with Gasteiger partial charge in [-0.2, -0.15) is 0 Å². The van der Waals surface area contributed by atoms with Crippen LogP contribution < -0.4 is 10.1 Å². The zero-order valence-electron chi connectivity index (χ0n) is 16.7. The minimum Gasteiger partial charge on any atom is -0.495 e. The van der Waals surface area contributed by atoms with Gasteiger partial charge in [0.05, 0.1) is 29.3 Å². The molecule has 2 aromatic carbocycles. The number of benzene rings is 2. The maximum absolute atomic E-state index is 11.7. The molecule has 1 aliphatic heterocycles. The summed E-state index contributed by atoms with van der Waals surface area (Å²) in [6, 6.07) is 12.1. The number of nitrogens with zero attached hydrogens (tertiary/aromatic N) is 1. The van der Waals surface area contributed by atoms with Crippen LogP contribution in [0.15, 0.2) is 48.6 Å². The van der Waals surface area contributed by atoms with E-state index in [4.69, 9.17) is 4.74 Å². The Bertz CT molecular complexity index is 942.